The first kappa shape index (κ1) is 16.4. The molecule has 0 radical (unpaired) electrons. The molecule has 0 aromatic rings. The number of carbonyl (C=O) groups excluding carboxylic acids is 1. The van der Waals surface area contributed by atoms with Crippen LogP contribution in [0.5, 0.6) is 0 Å². The molecule has 102 valence electrons. The largest absolute Gasteiger partial charge is 0.368 e. The average molecular weight is 243 g/mol. The lowest BCUT2D eigenvalue weighted by Crippen LogP contribution is -2.51. The lowest BCUT2D eigenvalue weighted by molar-refractivity contribution is -0.123. The van der Waals surface area contributed by atoms with E-state index in [9.17, 15) is 4.79 Å². The van der Waals surface area contributed by atoms with E-state index in [0.717, 1.165) is 32.4 Å². The van der Waals surface area contributed by atoms with Gasteiger partial charge in [-0.05, 0) is 59.8 Å². The topological polar surface area (TPSA) is 58.4 Å². The quantitative estimate of drug-likeness (QED) is 0.569. The zero-order chi connectivity index (χ0) is 13.3. The van der Waals surface area contributed by atoms with Crippen LogP contribution in [0.1, 0.15) is 46.0 Å². The number of likely N-dealkylation sites (N-methyl/N-ethyl adjacent to an activating group) is 1. The van der Waals surface area contributed by atoms with Crippen LogP contribution in [0.4, 0.5) is 0 Å². The number of primary amides is 1. The lowest BCUT2D eigenvalue weighted by atomic mass is 9.94. The van der Waals surface area contributed by atoms with E-state index in [1.54, 1.807) is 7.05 Å². The number of nitrogens with zero attached hydrogens (tertiary/aromatic N) is 1. The Bertz CT molecular complexity index is 221. The van der Waals surface area contributed by atoms with Crippen molar-refractivity contribution in [1.82, 2.24) is 10.2 Å². The van der Waals surface area contributed by atoms with Crippen LogP contribution in [0.3, 0.4) is 0 Å². The predicted octanol–water partition coefficient (Wildman–Crippen LogP) is 1.35. The number of hydrogen-bond acceptors (Lipinski definition) is 3. The van der Waals surface area contributed by atoms with Crippen molar-refractivity contribution in [3.63, 3.8) is 0 Å². The van der Waals surface area contributed by atoms with E-state index in [-0.39, 0.29) is 5.91 Å². The van der Waals surface area contributed by atoms with Crippen LogP contribution < -0.4 is 11.1 Å². The summed E-state index contributed by atoms with van der Waals surface area (Å²) in [6.07, 6.45) is 5.44. The Morgan fingerprint density at radius 2 is 1.88 bits per heavy atom. The molecule has 0 saturated carbocycles. The van der Waals surface area contributed by atoms with Crippen LogP contribution >= 0.6 is 0 Å². The second-order valence-corrected chi connectivity index (χ2v) is 5.06. The molecule has 17 heavy (non-hydrogen) atoms. The first-order chi connectivity index (χ1) is 7.96. The van der Waals surface area contributed by atoms with Crippen molar-refractivity contribution >= 4 is 5.91 Å². The van der Waals surface area contributed by atoms with Crippen LogP contribution in [0.25, 0.3) is 0 Å². The van der Waals surface area contributed by atoms with Crippen LogP contribution in [0, 0.1) is 0 Å². The molecule has 1 atom stereocenters. The van der Waals surface area contributed by atoms with Crippen molar-refractivity contribution in [2.24, 2.45) is 5.73 Å². The zero-order valence-electron chi connectivity index (χ0n) is 11.9. The van der Waals surface area contributed by atoms with E-state index in [1.165, 1.54) is 12.8 Å². The number of hydrogen-bond donors (Lipinski definition) is 2. The summed E-state index contributed by atoms with van der Waals surface area (Å²) >= 11 is 0. The highest BCUT2D eigenvalue weighted by Gasteiger charge is 2.27. The van der Waals surface area contributed by atoms with Crippen molar-refractivity contribution in [2.75, 3.05) is 27.2 Å². The second-order valence-electron chi connectivity index (χ2n) is 5.06. The summed E-state index contributed by atoms with van der Waals surface area (Å²) in [5, 5.41) is 3.01. The number of unbranched alkanes of at least 4 members (excludes halogenated alkanes) is 2. The molecule has 0 saturated heterocycles. The van der Waals surface area contributed by atoms with Gasteiger partial charge in [-0.25, -0.2) is 0 Å². The standard InChI is InChI=1S/C13H29N3O/c1-5-6-10-16(4)11-8-7-9-13(2,15-3)12(14)17/h15H,5-11H2,1-4H3,(H2,14,17). The van der Waals surface area contributed by atoms with Gasteiger partial charge < -0.3 is 16.0 Å². The summed E-state index contributed by atoms with van der Waals surface area (Å²) in [7, 11) is 3.94. The maximum absolute atomic E-state index is 11.3. The molecule has 0 bridgehead atoms. The zero-order valence-corrected chi connectivity index (χ0v) is 11.9. The van der Waals surface area contributed by atoms with E-state index < -0.39 is 5.54 Å². The molecular weight excluding hydrogens is 214 g/mol. The molecule has 0 aromatic carbocycles. The molecule has 1 amide bonds. The Balaban J connectivity index is 3.72. The number of nitrogens with one attached hydrogen (secondary N) is 1. The van der Waals surface area contributed by atoms with Crippen LogP contribution in [0.2, 0.25) is 0 Å². The van der Waals surface area contributed by atoms with Crippen LogP contribution in [0.15, 0.2) is 0 Å². The molecule has 0 aliphatic rings. The Morgan fingerprint density at radius 1 is 1.29 bits per heavy atom. The van der Waals surface area contributed by atoms with Gasteiger partial charge in [-0.3, -0.25) is 4.79 Å². The van der Waals surface area contributed by atoms with E-state index in [2.05, 4.69) is 24.2 Å². The van der Waals surface area contributed by atoms with Gasteiger partial charge in [-0.15, -0.1) is 0 Å². The molecule has 4 nitrogen and oxygen atoms in total. The van der Waals surface area contributed by atoms with E-state index in [1.807, 2.05) is 6.92 Å². The van der Waals surface area contributed by atoms with Gasteiger partial charge in [0.2, 0.25) is 5.91 Å². The highest BCUT2D eigenvalue weighted by molar-refractivity contribution is 5.84. The number of nitrogens with two attached hydrogens (primary N) is 1. The highest BCUT2D eigenvalue weighted by Crippen LogP contribution is 2.13. The molecular formula is C13H29N3O. The minimum absolute atomic E-state index is 0.265. The minimum atomic E-state index is -0.554. The maximum Gasteiger partial charge on any atom is 0.237 e. The first-order valence-electron chi connectivity index (χ1n) is 6.63. The SMILES string of the molecule is CCCCN(C)CCCCC(C)(NC)C(N)=O. The number of rotatable bonds is 10. The fourth-order valence-electron chi connectivity index (χ4n) is 1.77. The second kappa shape index (κ2) is 8.48. The van der Waals surface area contributed by atoms with Crippen molar-refractivity contribution in [3.8, 4) is 0 Å². The minimum Gasteiger partial charge on any atom is -0.368 e. The smallest absolute Gasteiger partial charge is 0.237 e. The van der Waals surface area contributed by atoms with Gasteiger partial charge in [0.1, 0.15) is 0 Å². The van der Waals surface area contributed by atoms with E-state index in [0.29, 0.717) is 0 Å². The summed E-state index contributed by atoms with van der Waals surface area (Å²) in [6, 6.07) is 0. The summed E-state index contributed by atoms with van der Waals surface area (Å²) < 4.78 is 0. The molecule has 4 heteroatoms. The van der Waals surface area contributed by atoms with Crippen molar-refractivity contribution in [1.29, 1.82) is 0 Å². The number of carbonyl (C=O) groups is 1. The fraction of sp³-hybridized carbons (Fsp3) is 0.923. The molecule has 0 aliphatic carbocycles. The fourth-order valence-corrected chi connectivity index (χ4v) is 1.77. The Morgan fingerprint density at radius 3 is 2.35 bits per heavy atom. The third-order valence-electron chi connectivity index (χ3n) is 3.46. The normalized spacial score (nSPS) is 14.9. The molecule has 0 aromatic heterocycles. The molecule has 0 aliphatic heterocycles. The molecule has 3 N–H and O–H groups in total. The van der Waals surface area contributed by atoms with Crippen molar-refractivity contribution in [3.05, 3.63) is 0 Å². The average Bonchev–Trinajstić information content (AvgIpc) is 2.31. The Hall–Kier alpha value is -0.610. The third kappa shape index (κ3) is 6.64. The third-order valence-corrected chi connectivity index (χ3v) is 3.46. The van der Waals surface area contributed by atoms with Gasteiger partial charge >= 0.3 is 0 Å². The van der Waals surface area contributed by atoms with E-state index in [4.69, 9.17) is 5.73 Å². The van der Waals surface area contributed by atoms with Gasteiger partial charge in [-0.2, -0.15) is 0 Å². The summed E-state index contributed by atoms with van der Waals surface area (Å²) in [6.45, 7) is 6.34. The molecule has 0 fully saturated rings. The predicted molar refractivity (Wildman–Crippen MR) is 72.9 cm³/mol. The molecule has 0 rings (SSSR count). The van der Waals surface area contributed by atoms with E-state index >= 15 is 0 Å². The summed E-state index contributed by atoms with van der Waals surface area (Å²) in [5.74, 6) is -0.265. The van der Waals surface area contributed by atoms with Crippen molar-refractivity contribution < 1.29 is 4.79 Å². The Kier molecular flexibility index (Phi) is 8.17. The molecule has 1 unspecified atom stereocenters. The van der Waals surface area contributed by atoms with Gasteiger partial charge in [0.25, 0.3) is 0 Å². The lowest BCUT2D eigenvalue weighted by Gasteiger charge is -2.25. The first-order valence-corrected chi connectivity index (χ1v) is 6.63. The van der Waals surface area contributed by atoms with Crippen LogP contribution in [-0.2, 0) is 4.79 Å². The molecule has 0 heterocycles. The Labute approximate surface area is 106 Å². The van der Waals surface area contributed by atoms with Gasteiger partial charge in [0, 0.05) is 0 Å². The monoisotopic (exact) mass is 243 g/mol. The summed E-state index contributed by atoms with van der Waals surface area (Å²) in [5.41, 5.74) is 4.82. The molecule has 0 spiro atoms. The number of amides is 1. The summed E-state index contributed by atoms with van der Waals surface area (Å²) in [4.78, 5) is 13.6. The highest BCUT2D eigenvalue weighted by atomic mass is 16.1. The van der Waals surface area contributed by atoms with Gasteiger partial charge in [0.05, 0.1) is 5.54 Å². The van der Waals surface area contributed by atoms with Gasteiger partial charge in [0.15, 0.2) is 0 Å². The maximum atomic E-state index is 11.3. The van der Waals surface area contributed by atoms with Crippen molar-refractivity contribution in [2.45, 2.75) is 51.5 Å². The van der Waals surface area contributed by atoms with Gasteiger partial charge in [-0.1, -0.05) is 13.3 Å². The van der Waals surface area contributed by atoms with Crippen LogP contribution in [-0.4, -0.2) is 43.5 Å².